The maximum atomic E-state index is 12.6. The maximum Gasteiger partial charge on any atom is 0.334 e. The molecule has 2 aromatic rings. The summed E-state index contributed by atoms with van der Waals surface area (Å²) in [5.74, 6) is -4.39. The van der Waals surface area contributed by atoms with Crippen LogP contribution in [-0.2, 0) is 16.1 Å². The Morgan fingerprint density at radius 2 is 1.65 bits per heavy atom. The van der Waals surface area contributed by atoms with E-state index in [2.05, 4.69) is 49.7 Å². The minimum Gasteiger partial charge on any atom is -0.481 e. The normalized spacial score (nSPS) is 20.1. The zero-order chi connectivity index (χ0) is 28.6. The zero-order valence-corrected chi connectivity index (χ0v) is 23.0. The number of carboxylic acids is 2. The summed E-state index contributed by atoms with van der Waals surface area (Å²) < 4.78 is 0. The van der Waals surface area contributed by atoms with E-state index in [1.807, 2.05) is 6.07 Å². The van der Waals surface area contributed by atoms with Crippen LogP contribution in [0.15, 0.2) is 70.9 Å². The third kappa shape index (κ3) is 7.34. The SMILES string of the molecule is CC1=NC(C)=C(C(=O)O)C(c2cccc(NC(=O)NCCCN3CCN(Cc4ccccc4)CC3)c2)C1C(=O)O. The second-order valence-electron chi connectivity index (χ2n) is 10.3. The molecule has 2 heterocycles. The number of carbonyl (C=O) groups excluding carboxylic acids is 1. The molecule has 0 saturated carbocycles. The van der Waals surface area contributed by atoms with Gasteiger partial charge in [-0.05, 0) is 50.1 Å². The van der Waals surface area contributed by atoms with Gasteiger partial charge in [-0.25, -0.2) is 9.59 Å². The van der Waals surface area contributed by atoms with Crippen molar-refractivity contribution < 1.29 is 24.6 Å². The van der Waals surface area contributed by atoms with E-state index in [-0.39, 0.29) is 17.3 Å². The standard InChI is InChI=1S/C30H37N5O5/c1-20-25(28(36)37)27(26(29(38)39)21(2)32-20)23-10-6-11-24(18-23)33-30(40)31-12-7-13-34-14-16-35(17-15-34)19-22-8-4-3-5-9-22/h3-6,8-11,18,25,27H,7,12-17,19H2,1-2H3,(H,36,37)(H,38,39)(H2,31,33,40). The minimum absolute atomic E-state index is 0.0551. The highest BCUT2D eigenvalue weighted by molar-refractivity contribution is 6.06. The molecule has 0 aromatic heterocycles. The van der Waals surface area contributed by atoms with Crippen molar-refractivity contribution in [3.8, 4) is 0 Å². The molecule has 0 aliphatic carbocycles. The third-order valence-electron chi connectivity index (χ3n) is 7.48. The molecule has 2 aromatic carbocycles. The van der Waals surface area contributed by atoms with E-state index < -0.39 is 23.8 Å². The average Bonchev–Trinajstić information content (AvgIpc) is 2.92. The smallest absolute Gasteiger partial charge is 0.334 e. The molecule has 2 aliphatic rings. The largest absolute Gasteiger partial charge is 0.481 e. The molecule has 2 atom stereocenters. The summed E-state index contributed by atoms with van der Waals surface area (Å²) in [6.45, 7) is 9.58. The molecule has 2 unspecified atom stereocenters. The fourth-order valence-corrected chi connectivity index (χ4v) is 5.50. The summed E-state index contributed by atoms with van der Waals surface area (Å²) in [6.07, 6.45) is 0.819. The van der Waals surface area contributed by atoms with E-state index in [0.717, 1.165) is 45.7 Å². The average molecular weight is 548 g/mol. The Balaban J connectivity index is 1.26. The third-order valence-corrected chi connectivity index (χ3v) is 7.48. The van der Waals surface area contributed by atoms with Gasteiger partial charge in [-0.1, -0.05) is 42.5 Å². The van der Waals surface area contributed by atoms with Crippen LogP contribution in [0.4, 0.5) is 10.5 Å². The molecule has 4 rings (SSSR count). The first kappa shape index (κ1) is 29.0. The van der Waals surface area contributed by atoms with Crippen LogP contribution in [0.2, 0.25) is 0 Å². The molecule has 10 nitrogen and oxygen atoms in total. The number of carbonyl (C=O) groups is 3. The Labute approximate surface area is 234 Å². The molecule has 2 aliphatic heterocycles. The number of nitrogens with one attached hydrogen (secondary N) is 2. The molecule has 4 N–H and O–H groups in total. The first-order chi connectivity index (χ1) is 19.2. The lowest BCUT2D eigenvalue weighted by Crippen LogP contribution is -2.46. The monoisotopic (exact) mass is 547 g/mol. The van der Waals surface area contributed by atoms with E-state index in [1.165, 1.54) is 5.56 Å². The van der Waals surface area contributed by atoms with Crippen LogP contribution in [0.3, 0.4) is 0 Å². The number of urea groups is 1. The molecule has 40 heavy (non-hydrogen) atoms. The van der Waals surface area contributed by atoms with Crippen molar-refractivity contribution in [1.82, 2.24) is 15.1 Å². The quantitative estimate of drug-likeness (QED) is 0.334. The molecular formula is C30H37N5O5. The number of benzene rings is 2. The van der Waals surface area contributed by atoms with Crippen molar-refractivity contribution in [1.29, 1.82) is 0 Å². The first-order valence-corrected chi connectivity index (χ1v) is 13.6. The van der Waals surface area contributed by atoms with Crippen LogP contribution in [0.1, 0.15) is 37.3 Å². The number of rotatable bonds is 10. The molecule has 1 saturated heterocycles. The van der Waals surface area contributed by atoms with Crippen molar-refractivity contribution >= 4 is 29.4 Å². The van der Waals surface area contributed by atoms with Crippen molar-refractivity contribution in [3.05, 3.63) is 77.0 Å². The van der Waals surface area contributed by atoms with Gasteiger partial charge in [0.2, 0.25) is 0 Å². The Morgan fingerprint density at radius 3 is 2.33 bits per heavy atom. The van der Waals surface area contributed by atoms with E-state index in [9.17, 15) is 24.6 Å². The number of hydrogen-bond acceptors (Lipinski definition) is 6. The number of anilines is 1. The molecular weight excluding hydrogens is 510 g/mol. The highest BCUT2D eigenvalue weighted by atomic mass is 16.4. The fraction of sp³-hybridized carbons (Fsp3) is 0.400. The summed E-state index contributed by atoms with van der Waals surface area (Å²) >= 11 is 0. The number of aliphatic imine (C=N–C) groups is 1. The number of aliphatic carboxylic acids is 2. The van der Waals surface area contributed by atoms with Crippen LogP contribution < -0.4 is 10.6 Å². The predicted molar refractivity (Wildman–Crippen MR) is 154 cm³/mol. The number of nitrogens with zero attached hydrogens (tertiary/aromatic N) is 3. The molecule has 10 heteroatoms. The Bertz CT molecular complexity index is 1280. The van der Waals surface area contributed by atoms with Gasteiger partial charge in [-0.15, -0.1) is 0 Å². The molecule has 0 spiro atoms. The van der Waals surface area contributed by atoms with Crippen molar-refractivity contribution in [2.45, 2.75) is 32.7 Å². The van der Waals surface area contributed by atoms with Gasteiger partial charge in [0.15, 0.2) is 0 Å². The lowest BCUT2D eigenvalue weighted by atomic mass is 9.75. The summed E-state index contributed by atoms with van der Waals surface area (Å²) in [5, 5.41) is 25.3. The number of piperazine rings is 1. The van der Waals surface area contributed by atoms with Gasteiger partial charge >= 0.3 is 18.0 Å². The van der Waals surface area contributed by atoms with E-state index in [0.29, 0.717) is 23.5 Å². The molecule has 0 radical (unpaired) electrons. The highest BCUT2D eigenvalue weighted by Gasteiger charge is 2.41. The topological polar surface area (TPSA) is 135 Å². The first-order valence-electron chi connectivity index (χ1n) is 13.6. The van der Waals surface area contributed by atoms with Crippen LogP contribution in [0, 0.1) is 5.92 Å². The molecule has 0 bridgehead atoms. The van der Waals surface area contributed by atoms with Gasteiger partial charge < -0.3 is 25.7 Å². The fourth-order valence-electron chi connectivity index (χ4n) is 5.50. The summed E-state index contributed by atoms with van der Waals surface area (Å²) in [4.78, 5) is 45.7. The van der Waals surface area contributed by atoms with E-state index in [4.69, 9.17) is 0 Å². The lowest BCUT2D eigenvalue weighted by Gasteiger charge is -2.34. The van der Waals surface area contributed by atoms with Gasteiger partial charge in [0.25, 0.3) is 0 Å². The Morgan fingerprint density at radius 1 is 0.950 bits per heavy atom. The van der Waals surface area contributed by atoms with Crippen LogP contribution in [0.5, 0.6) is 0 Å². The van der Waals surface area contributed by atoms with Crippen molar-refractivity contribution in [2.24, 2.45) is 10.9 Å². The summed E-state index contributed by atoms with van der Waals surface area (Å²) in [7, 11) is 0. The van der Waals surface area contributed by atoms with Crippen LogP contribution in [-0.4, -0.2) is 83.0 Å². The molecule has 212 valence electrons. The molecule has 2 amide bonds. The van der Waals surface area contributed by atoms with Gasteiger partial charge in [-0.2, -0.15) is 0 Å². The number of hydrogen-bond donors (Lipinski definition) is 4. The van der Waals surface area contributed by atoms with Crippen molar-refractivity contribution in [3.63, 3.8) is 0 Å². The van der Waals surface area contributed by atoms with Gasteiger partial charge in [0.05, 0.1) is 5.57 Å². The Kier molecular flexibility index (Phi) is 9.68. The predicted octanol–water partition coefficient (Wildman–Crippen LogP) is 3.63. The highest BCUT2D eigenvalue weighted by Crippen LogP contribution is 2.39. The van der Waals surface area contributed by atoms with Gasteiger partial charge in [0, 0.05) is 62.3 Å². The minimum atomic E-state index is -1.21. The van der Waals surface area contributed by atoms with Gasteiger partial charge in [0.1, 0.15) is 5.92 Å². The number of allylic oxidation sites excluding steroid dienone is 1. The maximum absolute atomic E-state index is 12.6. The second kappa shape index (κ2) is 13.4. The van der Waals surface area contributed by atoms with E-state index >= 15 is 0 Å². The summed E-state index contributed by atoms with van der Waals surface area (Å²) in [6, 6.07) is 16.8. The summed E-state index contributed by atoms with van der Waals surface area (Å²) in [5.41, 5.74) is 2.84. The van der Waals surface area contributed by atoms with E-state index in [1.54, 1.807) is 38.1 Å². The lowest BCUT2D eigenvalue weighted by molar-refractivity contribution is -0.140. The van der Waals surface area contributed by atoms with Crippen molar-refractivity contribution in [2.75, 3.05) is 44.6 Å². The Hall–Kier alpha value is -4.02. The van der Waals surface area contributed by atoms with Gasteiger partial charge in [-0.3, -0.25) is 14.7 Å². The zero-order valence-electron chi connectivity index (χ0n) is 23.0. The van der Waals surface area contributed by atoms with Crippen LogP contribution >= 0.6 is 0 Å². The second-order valence-corrected chi connectivity index (χ2v) is 10.3. The number of carboxylic acid groups (broad SMARTS) is 2. The number of amides is 2. The molecule has 1 fully saturated rings. The van der Waals surface area contributed by atoms with Crippen LogP contribution in [0.25, 0.3) is 0 Å².